The summed E-state index contributed by atoms with van der Waals surface area (Å²) in [5.41, 5.74) is 0. The standard InChI is InChI=1S/C20H40.H3N/c1-2-3-4-5-6-7-8-9-10-11-12-13-14-15-16-17-20-18-19-20;/h20H,2-19H2,1H3;1H3. The summed E-state index contributed by atoms with van der Waals surface area (Å²) in [4.78, 5) is 0. The van der Waals surface area contributed by atoms with Crippen molar-refractivity contribution in [2.75, 3.05) is 0 Å². The van der Waals surface area contributed by atoms with E-state index in [-0.39, 0.29) is 6.15 Å². The van der Waals surface area contributed by atoms with Gasteiger partial charge in [-0.25, -0.2) is 0 Å². The summed E-state index contributed by atoms with van der Waals surface area (Å²) in [5, 5.41) is 0. The lowest BCUT2D eigenvalue weighted by molar-refractivity contribution is 0.525. The minimum Gasteiger partial charge on any atom is -0.344 e. The zero-order valence-electron chi connectivity index (χ0n) is 15.0. The summed E-state index contributed by atoms with van der Waals surface area (Å²) >= 11 is 0. The van der Waals surface area contributed by atoms with Crippen LogP contribution in [0.25, 0.3) is 0 Å². The molecule has 128 valence electrons. The smallest absolute Gasteiger partial charge is 0.0414 e. The summed E-state index contributed by atoms with van der Waals surface area (Å²) in [6.45, 7) is 2.30. The Hall–Kier alpha value is -0.0400. The average Bonchev–Trinajstić information content (AvgIpc) is 3.27. The predicted molar refractivity (Wildman–Crippen MR) is 97.3 cm³/mol. The van der Waals surface area contributed by atoms with Gasteiger partial charge in [-0.05, 0) is 5.92 Å². The van der Waals surface area contributed by atoms with E-state index in [2.05, 4.69) is 6.92 Å². The third kappa shape index (κ3) is 16.2. The summed E-state index contributed by atoms with van der Waals surface area (Å²) in [7, 11) is 0. The van der Waals surface area contributed by atoms with Gasteiger partial charge in [0.05, 0.1) is 0 Å². The molecule has 0 aromatic heterocycles. The highest BCUT2D eigenvalue weighted by Gasteiger charge is 2.19. The molecule has 0 saturated heterocycles. The van der Waals surface area contributed by atoms with Gasteiger partial charge in [0.2, 0.25) is 0 Å². The van der Waals surface area contributed by atoms with E-state index in [1.54, 1.807) is 12.8 Å². The van der Waals surface area contributed by atoms with Crippen LogP contribution in [0.5, 0.6) is 0 Å². The molecule has 1 aliphatic rings. The van der Waals surface area contributed by atoms with Crippen molar-refractivity contribution in [2.24, 2.45) is 5.92 Å². The maximum Gasteiger partial charge on any atom is -0.0414 e. The van der Waals surface area contributed by atoms with Crippen LogP contribution in [-0.2, 0) is 0 Å². The highest BCUT2D eigenvalue weighted by Crippen LogP contribution is 2.34. The van der Waals surface area contributed by atoms with Gasteiger partial charge in [-0.2, -0.15) is 0 Å². The molecule has 0 radical (unpaired) electrons. The highest BCUT2D eigenvalue weighted by atomic mass is 14.3. The molecule has 1 aliphatic carbocycles. The van der Waals surface area contributed by atoms with E-state index >= 15 is 0 Å². The van der Waals surface area contributed by atoms with Gasteiger partial charge in [0.25, 0.3) is 0 Å². The molecule has 3 N–H and O–H groups in total. The molecule has 0 unspecified atom stereocenters. The van der Waals surface area contributed by atoms with Crippen molar-refractivity contribution < 1.29 is 0 Å². The van der Waals surface area contributed by atoms with E-state index in [0.717, 1.165) is 5.92 Å². The van der Waals surface area contributed by atoms with Crippen LogP contribution in [0.15, 0.2) is 0 Å². The van der Waals surface area contributed by atoms with Gasteiger partial charge in [0.1, 0.15) is 0 Å². The molecular weight excluding hydrogens is 254 g/mol. The van der Waals surface area contributed by atoms with Crippen LogP contribution in [0.1, 0.15) is 122 Å². The fraction of sp³-hybridized carbons (Fsp3) is 1.00. The van der Waals surface area contributed by atoms with Crippen molar-refractivity contribution in [3.8, 4) is 0 Å². The molecule has 1 saturated carbocycles. The van der Waals surface area contributed by atoms with Gasteiger partial charge in [0.15, 0.2) is 0 Å². The Bertz CT molecular complexity index is 186. The highest BCUT2D eigenvalue weighted by molar-refractivity contribution is 4.72. The zero-order chi connectivity index (χ0) is 14.3. The number of rotatable bonds is 16. The van der Waals surface area contributed by atoms with Crippen molar-refractivity contribution in [3.05, 3.63) is 0 Å². The van der Waals surface area contributed by atoms with Crippen LogP contribution >= 0.6 is 0 Å². The second kappa shape index (κ2) is 16.3. The zero-order valence-corrected chi connectivity index (χ0v) is 15.0. The van der Waals surface area contributed by atoms with Crippen molar-refractivity contribution in [3.63, 3.8) is 0 Å². The van der Waals surface area contributed by atoms with Gasteiger partial charge in [0, 0.05) is 0 Å². The Morgan fingerprint density at radius 3 is 1.19 bits per heavy atom. The van der Waals surface area contributed by atoms with Gasteiger partial charge < -0.3 is 6.15 Å². The minimum atomic E-state index is 0. The fourth-order valence-electron chi connectivity index (χ4n) is 3.21. The molecule has 0 heterocycles. The lowest BCUT2D eigenvalue weighted by Crippen LogP contribution is -1.84. The fourth-order valence-corrected chi connectivity index (χ4v) is 3.21. The summed E-state index contributed by atoms with van der Waals surface area (Å²) in [6.07, 6.45) is 26.9. The number of hydrogen-bond donors (Lipinski definition) is 1. The van der Waals surface area contributed by atoms with Gasteiger partial charge >= 0.3 is 0 Å². The first kappa shape index (κ1) is 21.0. The number of hydrogen-bond acceptors (Lipinski definition) is 1. The molecule has 21 heavy (non-hydrogen) atoms. The third-order valence-electron chi connectivity index (χ3n) is 4.91. The summed E-state index contributed by atoms with van der Waals surface area (Å²) < 4.78 is 0. The largest absolute Gasteiger partial charge is 0.344 e. The Balaban J connectivity index is 0.00000400. The predicted octanol–water partition coefficient (Wildman–Crippen LogP) is 7.82. The minimum absolute atomic E-state index is 0. The lowest BCUT2D eigenvalue weighted by atomic mass is 10.0. The van der Waals surface area contributed by atoms with Crippen LogP contribution < -0.4 is 6.15 Å². The molecule has 0 aliphatic heterocycles. The van der Waals surface area contributed by atoms with Crippen molar-refractivity contribution in [2.45, 2.75) is 122 Å². The Morgan fingerprint density at radius 1 is 0.524 bits per heavy atom. The Kier molecular flexibility index (Phi) is 16.3. The lowest BCUT2D eigenvalue weighted by Gasteiger charge is -2.03. The monoisotopic (exact) mass is 297 g/mol. The first-order valence-corrected chi connectivity index (χ1v) is 9.93. The van der Waals surface area contributed by atoms with Crippen molar-refractivity contribution in [1.82, 2.24) is 6.15 Å². The number of unbranched alkanes of at least 4 members (excludes halogenated alkanes) is 14. The summed E-state index contributed by atoms with van der Waals surface area (Å²) in [6, 6.07) is 0. The second-order valence-corrected chi connectivity index (χ2v) is 7.18. The molecule has 1 rings (SSSR count). The summed E-state index contributed by atoms with van der Waals surface area (Å²) in [5.74, 6) is 1.15. The molecule has 0 aromatic rings. The third-order valence-corrected chi connectivity index (χ3v) is 4.91. The first-order chi connectivity index (χ1) is 9.93. The van der Waals surface area contributed by atoms with Crippen molar-refractivity contribution >= 4 is 0 Å². The average molecular weight is 298 g/mol. The second-order valence-electron chi connectivity index (χ2n) is 7.18. The first-order valence-electron chi connectivity index (χ1n) is 9.93. The van der Waals surface area contributed by atoms with Crippen LogP contribution in [0.4, 0.5) is 0 Å². The van der Waals surface area contributed by atoms with E-state index < -0.39 is 0 Å². The van der Waals surface area contributed by atoms with Crippen LogP contribution in [0, 0.1) is 5.92 Å². The molecule has 1 nitrogen and oxygen atoms in total. The Labute approximate surface area is 135 Å². The van der Waals surface area contributed by atoms with Gasteiger partial charge in [-0.3, -0.25) is 0 Å². The van der Waals surface area contributed by atoms with E-state index in [0.29, 0.717) is 0 Å². The maximum absolute atomic E-state index is 2.30. The van der Waals surface area contributed by atoms with E-state index in [1.165, 1.54) is 103 Å². The molecular formula is C20H43N. The molecule has 0 bridgehead atoms. The Morgan fingerprint density at radius 2 is 0.857 bits per heavy atom. The topological polar surface area (TPSA) is 35.0 Å². The van der Waals surface area contributed by atoms with Crippen LogP contribution in [0.2, 0.25) is 0 Å². The normalized spacial score (nSPS) is 14.1. The van der Waals surface area contributed by atoms with Crippen LogP contribution in [-0.4, -0.2) is 0 Å². The van der Waals surface area contributed by atoms with E-state index in [9.17, 15) is 0 Å². The molecule has 0 spiro atoms. The van der Waals surface area contributed by atoms with Crippen LogP contribution in [0.3, 0.4) is 0 Å². The molecule has 1 fully saturated rings. The van der Waals surface area contributed by atoms with E-state index in [4.69, 9.17) is 0 Å². The van der Waals surface area contributed by atoms with Crippen molar-refractivity contribution in [1.29, 1.82) is 0 Å². The quantitative estimate of drug-likeness (QED) is 0.289. The SMILES string of the molecule is CCCCCCCCCCCCCCCCCC1CC1.N. The molecule has 0 aromatic carbocycles. The molecule has 0 atom stereocenters. The van der Waals surface area contributed by atoms with Gasteiger partial charge in [-0.1, -0.05) is 122 Å². The van der Waals surface area contributed by atoms with E-state index in [1.807, 2.05) is 0 Å². The van der Waals surface area contributed by atoms with Gasteiger partial charge in [-0.15, -0.1) is 0 Å². The molecule has 0 amide bonds. The molecule has 1 heteroatoms. The maximum atomic E-state index is 2.30.